The van der Waals surface area contributed by atoms with Gasteiger partial charge >= 0.3 is 12.2 Å². The summed E-state index contributed by atoms with van der Waals surface area (Å²) in [5, 5.41) is 14.5. The standard InChI is InChI=1S/C47H58N8O9/c1-9-30-12-15-36(55(30)44(56)39(24(2)3)52-46(58)63-8)42-48-20-35(50-42)28-10-13-31-29(17-28)23-64-38-19-32-27(18-33(31)38)11-14-34-40(32)51-43(49-34)37-16-26(22-61-6)21-54(37)45(57)41(25(4)62-7)53(5)47(59)60/h10-11,13-14,17-20,24-26,30,36-37,39,41H,9,12,15-16,21-23H2,1-8H3,(H,48,50)(H,49,51)(H,52,58)(H,59,60)/t25-,26+,30+,36+,37+,39+,41-/m1/s1. The monoisotopic (exact) mass is 878 g/mol. The summed E-state index contributed by atoms with van der Waals surface area (Å²) in [6, 6.07) is 12.0. The molecule has 2 saturated heterocycles. The van der Waals surface area contributed by atoms with Crippen LogP contribution in [0.15, 0.2) is 48.7 Å². The smallest absolute Gasteiger partial charge is 0.407 e. The van der Waals surface area contributed by atoms with Crippen LogP contribution < -0.4 is 10.1 Å². The highest BCUT2D eigenvalue weighted by Gasteiger charge is 2.45. The Labute approximate surface area is 371 Å². The summed E-state index contributed by atoms with van der Waals surface area (Å²) in [5.74, 6) is 1.45. The average Bonchev–Trinajstić information content (AvgIpc) is 4.12. The van der Waals surface area contributed by atoms with Gasteiger partial charge in [-0.15, -0.1) is 0 Å². The number of nitrogens with one attached hydrogen (secondary N) is 3. The molecular weight excluding hydrogens is 821 g/mol. The highest BCUT2D eigenvalue weighted by molar-refractivity contribution is 6.07. The highest BCUT2D eigenvalue weighted by atomic mass is 16.5. The number of benzene rings is 3. The van der Waals surface area contributed by atoms with Crippen molar-refractivity contribution in [1.29, 1.82) is 0 Å². The third kappa shape index (κ3) is 8.10. The third-order valence-corrected chi connectivity index (χ3v) is 13.4. The van der Waals surface area contributed by atoms with E-state index in [4.69, 9.17) is 28.9 Å². The van der Waals surface area contributed by atoms with Gasteiger partial charge in [0.1, 0.15) is 36.1 Å². The first kappa shape index (κ1) is 44.4. The van der Waals surface area contributed by atoms with Gasteiger partial charge in [0.05, 0.1) is 54.8 Å². The van der Waals surface area contributed by atoms with Crippen LogP contribution in [-0.4, -0.2) is 130 Å². The molecular formula is C47H58N8O9. The van der Waals surface area contributed by atoms with E-state index in [2.05, 4.69) is 46.5 Å². The summed E-state index contributed by atoms with van der Waals surface area (Å²) < 4.78 is 22.3. The van der Waals surface area contributed by atoms with Crippen LogP contribution in [0.4, 0.5) is 9.59 Å². The van der Waals surface area contributed by atoms with E-state index >= 15 is 0 Å². The van der Waals surface area contributed by atoms with E-state index in [0.717, 1.165) is 79.7 Å². The first-order chi connectivity index (χ1) is 30.8. The number of alkyl carbamates (subject to hydrolysis) is 1. The number of aromatic nitrogens is 4. The van der Waals surface area contributed by atoms with Crippen molar-refractivity contribution >= 4 is 45.8 Å². The Balaban J connectivity index is 1.06. The van der Waals surface area contributed by atoms with Gasteiger partial charge in [0, 0.05) is 50.7 Å². The Kier molecular flexibility index (Phi) is 12.6. The maximum Gasteiger partial charge on any atom is 0.407 e. The number of hydrogen-bond donors (Lipinski definition) is 4. The molecule has 340 valence electrons. The van der Waals surface area contributed by atoms with E-state index in [9.17, 15) is 24.3 Å². The molecule has 3 aliphatic rings. The summed E-state index contributed by atoms with van der Waals surface area (Å²) in [4.78, 5) is 74.0. The number of imidazole rings is 2. The molecule has 2 aromatic heterocycles. The number of carbonyl (C=O) groups excluding carboxylic acids is 3. The molecule has 64 heavy (non-hydrogen) atoms. The first-order valence-electron chi connectivity index (χ1n) is 22.0. The maximum absolute atomic E-state index is 14.2. The maximum atomic E-state index is 14.2. The van der Waals surface area contributed by atoms with Crippen LogP contribution in [0.25, 0.3) is 44.2 Å². The minimum absolute atomic E-state index is 0.0233. The van der Waals surface area contributed by atoms with Gasteiger partial charge < -0.3 is 49.1 Å². The Morgan fingerprint density at radius 1 is 0.984 bits per heavy atom. The Hall–Kier alpha value is -6.20. The number of rotatable bonds is 13. The number of likely N-dealkylation sites (tertiary alicyclic amines) is 2. The van der Waals surface area contributed by atoms with Gasteiger partial charge in [-0.05, 0) is 84.9 Å². The minimum atomic E-state index is -1.22. The van der Waals surface area contributed by atoms with E-state index in [1.54, 1.807) is 18.9 Å². The van der Waals surface area contributed by atoms with Crippen LogP contribution in [0.3, 0.4) is 0 Å². The lowest BCUT2D eigenvalue weighted by Crippen LogP contribution is -2.54. The number of carboxylic acid groups (broad SMARTS) is 1. The predicted molar refractivity (Wildman–Crippen MR) is 238 cm³/mol. The molecule has 0 bridgehead atoms. The van der Waals surface area contributed by atoms with E-state index in [1.165, 1.54) is 21.3 Å². The van der Waals surface area contributed by atoms with Crippen molar-refractivity contribution in [2.24, 2.45) is 11.8 Å². The van der Waals surface area contributed by atoms with Crippen molar-refractivity contribution in [3.63, 3.8) is 0 Å². The van der Waals surface area contributed by atoms with Crippen LogP contribution in [0.5, 0.6) is 5.75 Å². The molecule has 17 heteroatoms. The molecule has 0 saturated carbocycles. The molecule has 17 nitrogen and oxygen atoms in total. The van der Waals surface area contributed by atoms with Crippen LogP contribution in [0.2, 0.25) is 0 Å². The third-order valence-electron chi connectivity index (χ3n) is 13.4. The van der Waals surface area contributed by atoms with Crippen molar-refractivity contribution in [3.05, 3.63) is 65.9 Å². The number of amides is 4. The number of hydrogen-bond acceptors (Lipinski definition) is 10. The second kappa shape index (κ2) is 18.1. The molecule has 7 atom stereocenters. The van der Waals surface area contributed by atoms with Crippen molar-refractivity contribution in [1.82, 2.24) is 40.0 Å². The van der Waals surface area contributed by atoms with E-state index in [0.29, 0.717) is 37.8 Å². The second-order valence-corrected chi connectivity index (χ2v) is 17.6. The molecule has 4 N–H and O–H groups in total. The van der Waals surface area contributed by atoms with E-state index in [-0.39, 0.29) is 35.7 Å². The fraction of sp³-hybridized carbons (Fsp3) is 0.489. The fourth-order valence-electron chi connectivity index (χ4n) is 9.92. The van der Waals surface area contributed by atoms with Crippen molar-refractivity contribution in [2.75, 3.05) is 41.5 Å². The van der Waals surface area contributed by atoms with Gasteiger partial charge in [0.15, 0.2) is 0 Å². The summed E-state index contributed by atoms with van der Waals surface area (Å²) >= 11 is 0. The van der Waals surface area contributed by atoms with Gasteiger partial charge in [0.25, 0.3) is 0 Å². The van der Waals surface area contributed by atoms with Gasteiger partial charge in [-0.25, -0.2) is 19.6 Å². The second-order valence-electron chi connectivity index (χ2n) is 17.6. The molecule has 5 aromatic rings. The quantitative estimate of drug-likeness (QED) is 0.0945. The molecule has 8 rings (SSSR count). The van der Waals surface area contributed by atoms with Crippen molar-refractivity contribution < 1.29 is 43.2 Å². The average molecular weight is 879 g/mol. The summed E-state index contributed by atoms with van der Waals surface area (Å²) in [6.45, 7) is 8.76. The summed E-state index contributed by atoms with van der Waals surface area (Å²) in [7, 11) is 5.77. The van der Waals surface area contributed by atoms with Crippen molar-refractivity contribution in [3.8, 4) is 28.1 Å². The zero-order valence-corrected chi connectivity index (χ0v) is 37.6. The molecule has 0 unspecified atom stereocenters. The SMILES string of the molecule is CC[C@H]1CC[C@@H](c2ncc(-c3ccc4c(c3)COc3cc5c(ccc6nc([C@@H]7C[C@H](COC)CN7C(=O)[C@@H]([C@@H](C)OC)N(C)C(=O)O)[nH]c65)cc3-4)[nH]2)N1C(=O)[C@@H](NC(=O)OC)C(C)C. The topological polar surface area (TPSA) is 205 Å². The molecule has 2 fully saturated rings. The lowest BCUT2D eigenvalue weighted by molar-refractivity contribution is -0.141. The highest BCUT2D eigenvalue weighted by Crippen LogP contribution is 2.44. The Morgan fingerprint density at radius 3 is 2.48 bits per heavy atom. The normalized spacial score (nSPS) is 20.8. The molecule has 0 spiro atoms. The van der Waals surface area contributed by atoms with Crippen LogP contribution >= 0.6 is 0 Å². The van der Waals surface area contributed by atoms with Crippen LogP contribution in [-0.2, 0) is 30.4 Å². The molecule has 0 radical (unpaired) electrons. The largest absolute Gasteiger partial charge is 0.488 e. The van der Waals surface area contributed by atoms with Gasteiger partial charge in [-0.3, -0.25) is 14.5 Å². The Morgan fingerprint density at radius 2 is 1.78 bits per heavy atom. The minimum Gasteiger partial charge on any atom is -0.488 e. The number of nitrogens with zero attached hydrogens (tertiary/aromatic N) is 5. The first-order valence-corrected chi connectivity index (χ1v) is 22.0. The number of aromatic amines is 2. The molecule has 0 aliphatic carbocycles. The van der Waals surface area contributed by atoms with E-state index < -0.39 is 36.4 Å². The lowest BCUT2D eigenvalue weighted by atomic mass is 9.92. The molecule has 3 aliphatic heterocycles. The zero-order chi connectivity index (χ0) is 45.6. The number of fused-ring (bicyclic) bond motifs is 6. The summed E-state index contributed by atoms with van der Waals surface area (Å²) in [6.07, 6.45) is 2.24. The van der Waals surface area contributed by atoms with Gasteiger partial charge in [-0.1, -0.05) is 39.0 Å². The van der Waals surface area contributed by atoms with Gasteiger partial charge in [0.2, 0.25) is 11.8 Å². The number of likely N-dealkylation sites (N-methyl/N-ethyl adjacent to an activating group) is 1. The Bertz CT molecular complexity index is 2570. The van der Waals surface area contributed by atoms with E-state index in [1.807, 2.05) is 43.1 Å². The number of methoxy groups -OCH3 is 3. The van der Waals surface area contributed by atoms with Crippen LogP contribution in [0, 0.1) is 11.8 Å². The van der Waals surface area contributed by atoms with Gasteiger partial charge in [-0.2, -0.15) is 0 Å². The molecule has 3 aromatic carbocycles. The predicted octanol–water partition coefficient (Wildman–Crippen LogP) is 7.04. The number of carbonyl (C=O) groups is 4. The van der Waals surface area contributed by atoms with Crippen molar-refractivity contribution in [2.45, 2.75) is 96.3 Å². The zero-order valence-electron chi connectivity index (χ0n) is 37.6. The number of H-pyrrole nitrogens is 2. The fourth-order valence-corrected chi connectivity index (χ4v) is 9.92. The molecule has 4 amide bonds. The number of ether oxygens (including phenoxy) is 4. The lowest BCUT2D eigenvalue weighted by Gasteiger charge is -2.34. The summed E-state index contributed by atoms with van der Waals surface area (Å²) in [5.41, 5.74) is 6.37. The van der Waals surface area contributed by atoms with Crippen LogP contribution in [0.1, 0.15) is 82.7 Å². The molecule has 5 heterocycles.